The van der Waals surface area contributed by atoms with Crippen LogP contribution in [0.15, 0.2) is 48.5 Å². The molecule has 7 nitrogen and oxygen atoms in total. The van der Waals surface area contributed by atoms with Crippen LogP contribution in [0.3, 0.4) is 0 Å². The van der Waals surface area contributed by atoms with E-state index < -0.39 is 29.6 Å². The number of carboxylic acids is 1. The summed E-state index contributed by atoms with van der Waals surface area (Å²) in [7, 11) is 0. The quantitative estimate of drug-likeness (QED) is 0.632. The fourth-order valence-corrected chi connectivity index (χ4v) is 2.86. The molecule has 0 saturated carbocycles. The number of imide groups is 1. The van der Waals surface area contributed by atoms with E-state index >= 15 is 0 Å². The highest BCUT2D eigenvalue weighted by Gasteiger charge is 2.49. The summed E-state index contributed by atoms with van der Waals surface area (Å²) in [5, 5.41) is 24.6. The van der Waals surface area contributed by atoms with Crippen LogP contribution in [0, 0.1) is 0 Å². The summed E-state index contributed by atoms with van der Waals surface area (Å²) in [6.07, 6.45) is -1.44. The zero-order valence-electron chi connectivity index (χ0n) is 13.3. The molecule has 0 bridgehead atoms. The Bertz CT molecular complexity index is 865. The minimum atomic E-state index is -1.60. The van der Waals surface area contributed by atoms with Crippen LogP contribution in [0.5, 0.6) is 0 Å². The maximum absolute atomic E-state index is 12.1. The first kappa shape index (κ1) is 16.7. The number of carbonyl (C=O) groups excluding carboxylic acids is 2. The number of benzene rings is 2. The van der Waals surface area contributed by atoms with Crippen molar-refractivity contribution in [3.8, 4) is 11.1 Å². The summed E-state index contributed by atoms with van der Waals surface area (Å²) in [6.45, 7) is 1.39. The Morgan fingerprint density at radius 3 is 2.36 bits per heavy atom. The summed E-state index contributed by atoms with van der Waals surface area (Å²) in [5.74, 6) is -1.83. The molecule has 0 spiro atoms. The summed E-state index contributed by atoms with van der Waals surface area (Å²) in [5.41, 5.74) is -0.0549. The molecule has 2 aromatic carbocycles. The van der Waals surface area contributed by atoms with E-state index in [1.54, 1.807) is 6.07 Å². The van der Waals surface area contributed by atoms with Gasteiger partial charge in [-0.3, -0.25) is 10.1 Å². The maximum atomic E-state index is 12.1. The first-order valence-corrected chi connectivity index (χ1v) is 7.57. The number of aromatic carboxylic acids is 1. The van der Waals surface area contributed by atoms with Gasteiger partial charge >= 0.3 is 12.0 Å². The lowest BCUT2D eigenvalue weighted by Gasteiger charge is -2.29. The lowest BCUT2D eigenvalue weighted by Crippen LogP contribution is -2.49. The lowest BCUT2D eigenvalue weighted by atomic mass is 9.84. The third kappa shape index (κ3) is 2.85. The number of aliphatic hydroxyl groups is 1. The molecule has 1 aliphatic heterocycles. The molecular weight excluding hydrogens is 324 g/mol. The highest BCUT2D eigenvalue weighted by atomic mass is 16.4. The minimum Gasteiger partial charge on any atom is -0.478 e. The topological polar surface area (TPSA) is 116 Å². The van der Waals surface area contributed by atoms with Gasteiger partial charge in [0.2, 0.25) is 0 Å². The second-order valence-electron chi connectivity index (χ2n) is 5.99. The molecule has 1 saturated heterocycles. The standard InChI is InChI=1S/C18H16N2O5/c1-18(16(24)19-17(25)20-18)14(21)13-9-11(15(22)23)7-8-12(13)10-5-3-2-4-6-10/h2-9,14,21H,1H3,(H,22,23)(H2,19,20,24,25). The number of aliphatic hydroxyl groups excluding tert-OH is 1. The first-order chi connectivity index (χ1) is 11.8. The largest absolute Gasteiger partial charge is 0.478 e. The van der Waals surface area contributed by atoms with Crippen LogP contribution in [0.1, 0.15) is 28.9 Å². The van der Waals surface area contributed by atoms with Crippen LogP contribution in [-0.4, -0.2) is 33.7 Å². The summed E-state index contributed by atoms with van der Waals surface area (Å²) in [4.78, 5) is 34.9. The van der Waals surface area contributed by atoms with Gasteiger partial charge in [-0.15, -0.1) is 0 Å². The molecule has 4 N–H and O–H groups in total. The molecule has 7 heteroatoms. The smallest absolute Gasteiger partial charge is 0.335 e. The van der Waals surface area contributed by atoms with Gasteiger partial charge < -0.3 is 15.5 Å². The number of amides is 3. The Balaban J connectivity index is 2.15. The van der Waals surface area contributed by atoms with E-state index in [0.29, 0.717) is 5.56 Å². The van der Waals surface area contributed by atoms with Crippen molar-refractivity contribution in [3.05, 3.63) is 59.7 Å². The Morgan fingerprint density at radius 2 is 1.80 bits per heavy atom. The molecule has 2 atom stereocenters. The molecule has 2 aromatic rings. The second-order valence-corrected chi connectivity index (χ2v) is 5.99. The molecule has 128 valence electrons. The van der Waals surface area contributed by atoms with Gasteiger partial charge in [-0.1, -0.05) is 36.4 Å². The van der Waals surface area contributed by atoms with Crippen molar-refractivity contribution in [1.29, 1.82) is 0 Å². The van der Waals surface area contributed by atoms with Crippen molar-refractivity contribution >= 4 is 17.9 Å². The number of carboxylic acid groups (broad SMARTS) is 1. The van der Waals surface area contributed by atoms with Crippen LogP contribution >= 0.6 is 0 Å². The summed E-state index contributed by atoms with van der Waals surface area (Å²) >= 11 is 0. The minimum absolute atomic E-state index is 0.0259. The number of carbonyl (C=O) groups is 3. The Hall–Kier alpha value is -3.19. The molecule has 0 radical (unpaired) electrons. The van der Waals surface area contributed by atoms with Crippen LogP contribution in [0.4, 0.5) is 4.79 Å². The van der Waals surface area contributed by atoms with Crippen molar-refractivity contribution < 1.29 is 24.6 Å². The fraction of sp³-hybridized carbons (Fsp3) is 0.167. The predicted molar refractivity (Wildman–Crippen MR) is 88.9 cm³/mol. The van der Waals surface area contributed by atoms with Crippen molar-refractivity contribution in [1.82, 2.24) is 10.6 Å². The van der Waals surface area contributed by atoms with Crippen LogP contribution < -0.4 is 10.6 Å². The van der Waals surface area contributed by atoms with Gasteiger partial charge in [0.05, 0.1) is 5.56 Å². The zero-order valence-corrected chi connectivity index (χ0v) is 13.3. The van der Waals surface area contributed by atoms with E-state index in [0.717, 1.165) is 5.56 Å². The molecule has 1 heterocycles. The van der Waals surface area contributed by atoms with Gasteiger partial charge in [-0.25, -0.2) is 9.59 Å². The van der Waals surface area contributed by atoms with Gasteiger partial charge in [-0.2, -0.15) is 0 Å². The summed E-state index contributed by atoms with van der Waals surface area (Å²) < 4.78 is 0. The van der Waals surface area contributed by atoms with Crippen LogP contribution in [0.2, 0.25) is 0 Å². The lowest BCUT2D eigenvalue weighted by molar-refractivity contribution is -0.127. The first-order valence-electron chi connectivity index (χ1n) is 7.57. The van der Waals surface area contributed by atoms with E-state index in [9.17, 15) is 24.6 Å². The second kappa shape index (κ2) is 6.03. The molecule has 1 aliphatic rings. The van der Waals surface area contributed by atoms with E-state index in [-0.39, 0.29) is 11.1 Å². The number of rotatable bonds is 4. The molecule has 3 amide bonds. The molecule has 0 aromatic heterocycles. The van der Waals surface area contributed by atoms with Gasteiger partial charge in [0.1, 0.15) is 11.6 Å². The monoisotopic (exact) mass is 340 g/mol. The molecule has 1 fully saturated rings. The third-order valence-corrected chi connectivity index (χ3v) is 4.30. The van der Waals surface area contributed by atoms with E-state index in [1.165, 1.54) is 19.1 Å². The average Bonchev–Trinajstić information content (AvgIpc) is 2.87. The number of hydrogen-bond donors (Lipinski definition) is 4. The fourth-order valence-electron chi connectivity index (χ4n) is 2.86. The van der Waals surface area contributed by atoms with Crippen molar-refractivity contribution in [3.63, 3.8) is 0 Å². The molecule has 2 unspecified atom stereocenters. The van der Waals surface area contributed by atoms with Gasteiger partial charge in [0.25, 0.3) is 5.91 Å². The van der Waals surface area contributed by atoms with Gasteiger partial charge in [-0.05, 0) is 35.7 Å². The van der Waals surface area contributed by atoms with Crippen molar-refractivity contribution in [2.45, 2.75) is 18.6 Å². The van der Waals surface area contributed by atoms with Gasteiger partial charge in [0, 0.05) is 0 Å². The molecular formula is C18H16N2O5. The molecule has 0 aliphatic carbocycles. The predicted octanol–water partition coefficient (Wildman–Crippen LogP) is 1.68. The maximum Gasteiger partial charge on any atom is 0.335 e. The number of nitrogens with one attached hydrogen (secondary N) is 2. The number of urea groups is 1. The molecule has 3 rings (SSSR count). The van der Waals surface area contributed by atoms with Crippen LogP contribution in [-0.2, 0) is 4.79 Å². The highest BCUT2D eigenvalue weighted by molar-refractivity contribution is 6.07. The Morgan fingerprint density at radius 1 is 1.12 bits per heavy atom. The van der Waals surface area contributed by atoms with Crippen molar-refractivity contribution in [2.75, 3.05) is 0 Å². The van der Waals surface area contributed by atoms with E-state index in [4.69, 9.17) is 0 Å². The SMILES string of the molecule is CC1(C(O)c2cc(C(=O)O)ccc2-c2ccccc2)NC(=O)NC1=O. The van der Waals surface area contributed by atoms with E-state index in [1.807, 2.05) is 30.3 Å². The van der Waals surface area contributed by atoms with Crippen LogP contribution in [0.25, 0.3) is 11.1 Å². The summed E-state index contributed by atoms with van der Waals surface area (Å²) in [6, 6.07) is 12.7. The average molecular weight is 340 g/mol. The number of hydrogen-bond acceptors (Lipinski definition) is 4. The van der Waals surface area contributed by atoms with Gasteiger partial charge in [0.15, 0.2) is 0 Å². The van der Waals surface area contributed by atoms with Crippen molar-refractivity contribution in [2.24, 2.45) is 0 Å². The Labute approximate surface area is 143 Å². The van der Waals surface area contributed by atoms with E-state index in [2.05, 4.69) is 10.6 Å². The highest BCUT2D eigenvalue weighted by Crippen LogP contribution is 2.36. The Kier molecular flexibility index (Phi) is 4.02. The normalized spacial score (nSPS) is 20.7. The molecule has 25 heavy (non-hydrogen) atoms. The zero-order chi connectivity index (χ0) is 18.2. The third-order valence-electron chi connectivity index (χ3n) is 4.30.